The standard InChI is InChI=1S/C32H38N4O3/c1-32(2,3)26-8-12-29(13-9-26)39-22-27-21-36(34-33-27)28-10-6-23(7-11-28)14-16-35-17-15-24-18-30(37-4)31(38-5)19-25(24)20-35/h6-13,18-19,21H,14-17,20,22H2,1-5H3. The van der Waals surface area contributed by atoms with Crippen LogP contribution in [0.5, 0.6) is 17.2 Å². The third kappa shape index (κ3) is 6.42. The zero-order valence-electron chi connectivity index (χ0n) is 23.6. The minimum absolute atomic E-state index is 0.125. The first kappa shape index (κ1) is 26.8. The SMILES string of the molecule is COc1cc2c(cc1OC)CN(CCc1ccc(-n3cc(COc4ccc(C(C)(C)C)cc4)nn3)cc1)CC2. The molecule has 0 aliphatic carbocycles. The normalized spacial score (nSPS) is 13.7. The van der Waals surface area contributed by atoms with Crippen molar-refractivity contribution >= 4 is 0 Å². The molecule has 2 heterocycles. The van der Waals surface area contributed by atoms with E-state index in [1.165, 1.54) is 22.3 Å². The number of benzene rings is 3. The van der Waals surface area contributed by atoms with Crippen LogP contribution in [-0.2, 0) is 31.4 Å². The molecule has 7 nitrogen and oxygen atoms in total. The Morgan fingerprint density at radius 3 is 2.23 bits per heavy atom. The Bertz CT molecular complexity index is 1390. The van der Waals surface area contributed by atoms with E-state index in [4.69, 9.17) is 14.2 Å². The second-order valence-corrected chi connectivity index (χ2v) is 11.1. The molecule has 0 spiro atoms. The van der Waals surface area contributed by atoms with Crippen LogP contribution in [0.15, 0.2) is 66.9 Å². The van der Waals surface area contributed by atoms with E-state index < -0.39 is 0 Å². The first-order valence-electron chi connectivity index (χ1n) is 13.5. The van der Waals surface area contributed by atoms with Gasteiger partial charge in [0.15, 0.2) is 11.5 Å². The monoisotopic (exact) mass is 526 g/mol. The van der Waals surface area contributed by atoms with E-state index in [-0.39, 0.29) is 5.41 Å². The summed E-state index contributed by atoms with van der Waals surface area (Å²) >= 11 is 0. The summed E-state index contributed by atoms with van der Waals surface area (Å²) in [6.45, 7) is 9.98. The minimum atomic E-state index is 0.125. The lowest BCUT2D eigenvalue weighted by Gasteiger charge is -2.29. The molecule has 7 heteroatoms. The topological polar surface area (TPSA) is 61.6 Å². The van der Waals surface area contributed by atoms with Crippen LogP contribution in [-0.4, -0.2) is 47.2 Å². The average Bonchev–Trinajstić information content (AvgIpc) is 3.43. The Hall–Kier alpha value is -3.84. The van der Waals surface area contributed by atoms with Crippen molar-refractivity contribution in [2.24, 2.45) is 0 Å². The highest BCUT2D eigenvalue weighted by Gasteiger charge is 2.19. The van der Waals surface area contributed by atoms with E-state index >= 15 is 0 Å². The van der Waals surface area contributed by atoms with Crippen LogP contribution in [0.1, 0.15) is 48.7 Å². The van der Waals surface area contributed by atoms with Crippen molar-refractivity contribution in [2.45, 2.75) is 52.2 Å². The van der Waals surface area contributed by atoms with Gasteiger partial charge in [0.25, 0.3) is 0 Å². The van der Waals surface area contributed by atoms with Crippen LogP contribution in [0.25, 0.3) is 5.69 Å². The fourth-order valence-corrected chi connectivity index (χ4v) is 4.93. The van der Waals surface area contributed by atoms with E-state index in [9.17, 15) is 0 Å². The van der Waals surface area contributed by atoms with Crippen molar-refractivity contribution in [3.05, 3.63) is 94.8 Å². The van der Waals surface area contributed by atoms with Gasteiger partial charge in [-0.1, -0.05) is 50.3 Å². The number of hydrogen-bond acceptors (Lipinski definition) is 6. The molecular formula is C32H38N4O3. The van der Waals surface area contributed by atoms with Crippen molar-refractivity contribution in [1.29, 1.82) is 0 Å². The molecule has 0 atom stereocenters. The number of nitrogens with zero attached hydrogens (tertiary/aromatic N) is 4. The van der Waals surface area contributed by atoms with Crippen LogP contribution in [0.3, 0.4) is 0 Å². The molecule has 0 unspecified atom stereocenters. The van der Waals surface area contributed by atoms with Gasteiger partial charge >= 0.3 is 0 Å². The van der Waals surface area contributed by atoms with Gasteiger partial charge in [0.05, 0.1) is 26.1 Å². The number of hydrogen-bond donors (Lipinski definition) is 0. The second-order valence-electron chi connectivity index (χ2n) is 11.1. The zero-order chi connectivity index (χ0) is 27.4. The van der Waals surface area contributed by atoms with Crippen LogP contribution < -0.4 is 14.2 Å². The molecule has 1 aromatic heterocycles. The molecular weight excluding hydrogens is 488 g/mol. The molecule has 0 saturated carbocycles. The third-order valence-electron chi connectivity index (χ3n) is 7.36. The Labute approximate surface area is 231 Å². The highest BCUT2D eigenvalue weighted by molar-refractivity contribution is 5.48. The molecule has 0 bridgehead atoms. The Balaban J connectivity index is 1.13. The predicted octanol–water partition coefficient (Wildman–Crippen LogP) is 5.76. The van der Waals surface area contributed by atoms with Crippen LogP contribution in [0.4, 0.5) is 0 Å². The van der Waals surface area contributed by atoms with Crippen LogP contribution >= 0.6 is 0 Å². The van der Waals surface area contributed by atoms with Crippen LogP contribution in [0.2, 0.25) is 0 Å². The fourth-order valence-electron chi connectivity index (χ4n) is 4.93. The van der Waals surface area contributed by atoms with E-state index in [1.807, 2.05) is 18.3 Å². The quantitative estimate of drug-likeness (QED) is 0.276. The molecule has 39 heavy (non-hydrogen) atoms. The summed E-state index contributed by atoms with van der Waals surface area (Å²) in [5.41, 5.74) is 7.16. The van der Waals surface area contributed by atoms with Gasteiger partial charge < -0.3 is 14.2 Å². The van der Waals surface area contributed by atoms with Crippen molar-refractivity contribution in [3.63, 3.8) is 0 Å². The molecule has 3 aromatic carbocycles. The van der Waals surface area contributed by atoms with Crippen molar-refractivity contribution in [1.82, 2.24) is 19.9 Å². The largest absolute Gasteiger partial charge is 0.493 e. The minimum Gasteiger partial charge on any atom is -0.493 e. The maximum absolute atomic E-state index is 5.93. The number of rotatable bonds is 9. The molecule has 1 aliphatic heterocycles. The molecule has 204 valence electrons. The summed E-state index contributed by atoms with van der Waals surface area (Å²) in [5, 5.41) is 8.59. The first-order valence-corrected chi connectivity index (χ1v) is 13.5. The maximum atomic E-state index is 5.93. The van der Waals surface area contributed by atoms with Crippen LogP contribution in [0, 0.1) is 0 Å². The van der Waals surface area contributed by atoms with E-state index in [0.29, 0.717) is 6.61 Å². The highest BCUT2D eigenvalue weighted by atomic mass is 16.5. The highest BCUT2D eigenvalue weighted by Crippen LogP contribution is 2.33. The van der Waals surface area contributed by atoms with Crippen molar-refractivity contribution < 1.29 is 14.2 Å². The third-order valence-corrected chi connectivity index (χ3v) is 7.36. The summed E-state index contributed by atoms with van der Waals surface area (Å²) in [5.74, 6) is 2.44. The lowest BCUT2D eigenvalue weighted by atomic mass is 9.87. The first-order chi connectivity index (χ1) is 18.8. The molecule has 0 N–H and O–H groups in total. The average molecular weight is 527 g/mol. The molecule has 4 aromatic rings. The molecule has 0 saturated heterocycles. The summed E-state index contributed by atoms with van der Waals surface area (Å²) in [7, 11) is 3.38. The molecule has 0 radical (unpaired) electrons. The van der Waals surface area contributed by atoms with E-state index in [1.54, 1.807) is 18.9 Å². The Kier molecular flexibility index (Phi) is 7.89. The molecule has 1 aliphatic rings. The number of ether oxygens (including phenoxy) is 3. The summed E-state index contributed by atoms with van der Waals surface area (Å²) in [4.78, 5) is 2.50. The van der Waals surface area contributed by atoms with E-state index in [0.717, 1.165) is 61.1 Å². The van der Waals surface area contributed by atoms with Gasteiger partial charge in [-0.3, -0.25) is 4.90 Å². The van der Waals surface area contributed by atoms with Crippen molar-refractivity contribution in [3.8, 4) is 22.9 Å². The van der Waals surface area contributed by atoms with E-state index in [2.05, 4.69) is 84.5 Å². The predicted molar refractivity (Wildman–Crippen MR) is 153 cm³/mol. The molecule has 5 rings (SSSR count). The fraction of sp³-hybridized carbons (Fsp3) is 0.375. The zero-order valence-corrected chi connectivity index (χ0v) is 23.6. The van der Waals surface area contributed by atoms with Gasteiger partial charge in [-0.2, -0.15) is 0 Å². The lowest BCUT2D eigenvalue weighted by molar-refractivity contribution is 0.255. The number of fused-ring (bicyclic) bond motifs is 1. The summed E-state index contributed by atoms with van der Waals surface area (Å²) < 4.78 is 18.7. The Morgan fingerprint density at radius 1 is 0.872 bits per heavy atom. The number of aromatic nitrogens is 3. The summed E-state index contributed by atoms with van der Waals surface area (Å²) in [6, 6.07) is 21.1. The van der Waals surface area contributed by atoms with Gasteiger partial charge in [-0.05, 0) is 76.9 Å². The second kappa shape index (κ2) is 11.5. The smallest absolute Gasteiger partial charge is 0.161 e. The van der Waals surface area contributed by atoms with Gasteiger partial charge in [-0.25, -0.2) is 4.68 Å². The van der Waals surface area contributed by atoms with Crippen molar-refractivity contribution in [2.75, 3.05) is 27.3 Å². The van der Waals surface area contributed by atoms with Gasteiger partial charge in [0, 0.05) is 19.6 Å². The van der Waals surface area contributed by atoms with Gasteiger partial charge in [0.1, 0.15) is 18.1 Å². The lowest BCUT2D eigenvalue weighted by Crippen LogP contribution is -2.32. The Morgan fingerprint density at radius 2 is 1.56 bits per heavy atom. The molecule has 0 fully saturated rings. The summed E-state index contributed by atoms with van der Waals surface area (Å²) in [6.07, 6.45) is 3.94. The van der Waals surface area contributed by atoms with Gasteiger partial charge in [0.2, 0.25) is 0 Å². The molecule has 0 amide bonds. The number of methoxy groups -OCH3 is 2. The maximum Gasteiger partial charge on any atom is 0.161 e. The van der Waals surface area contributed by atoms with Gasteiger partial charge in [-0.15, -0.1) is 5.10 Å².